The van der Waals surface area contributed by atoms with E-state index < -0.39 is 0 Å². The summed E-state index contributed by atoms with van der Waals surface area (Å²) in [4.78, 5) is 28.2. The Hall–Kier alpha value is -2.12. The molecule has 0 aliphatic heterocycles. The van der Waals surface area contributed by atoms with Crippen molar-refractivity contribution in [2.75, 3.05) is 55.9 Å². The van der Waals surface area contributed by atoms with Crippen molar-refractivity contribution < 1.29 is 4.79 Å². The molecular formula is C12H23N7O. The summed E-state index contributed by atoms with van der Waals surface area (Å²) in [6, 6.07) is 0. The zero-order valence-electron chi connectivity index (χ0n) is 12.8. The molecule has 0 saturated carbocycles. The molecule has 1 aromatic heterocycles. The van der Waals surface area contributed by atoms with Gasteiger partial charge in [-0.15, -0.1) is 0 Å². The van der Waals surface area contributed by atoms with Gasteiger partial charge in [-0.05, 0) is 13.8 Å². The maximum Gasteiger partial charge on any atom is 0.239 e. The van der Waals surface area contributed by atoms with Crippen LogP contribution in [0.3, 0.4) is 0 Å². The number of likely N-dealkylation sites (N-methyl/N-ethyl adjacent to an activating group) is 2. The summed E-state index contributed by atoms with van der Waals surface area (Å²) in [5, 5.41) is 5.67. The summed E-state index contributed by atoms with van der Waals surface area (Å²) in [5.74, 6) is 1.48. The first-order valence-electron chi connectivity index (χ1n) is 6.64. The van der Waals surface area contributed by atoms with Crippen LogP contribution in [-0.4, -0.2) is 61.6 Å². The smallest absolute Gasteiger partial charge is 0.239 e. The lowest BCUT2D eigenvalue weighted by molar-refractivity contribution is -0.119. The molecule has 20 heavy (non-hydrogen) atoms. The van der Waals surface area contributed by atoms with E-state index in [1.54, 1.807) is 16.8 Å². The van der Waals surface area contributed by atoms with Crippen molar-refractivity contribution in [2.45, 2.75) is 13.8 Å². The molecule has 1 aromatic rings. The maximum atomic E-state index is 11.5. The monoisotopic (exact) mass is 281 g/mol. The molecular weight excluding hydrogens is 258 g/mol. The number of nitrogens with zero attached hydrogens (tertiary/aromatic N) is 5. The molecule has 0 aromatic carbocycles. The van der Waals surface area contributed by atoms with Crippen LogP contribution < -0.4 is 20.4 Å². The Morgan fingerprint density at radius 1 is 1.15 bits per heavy atom. The molecule has 8 nitrogen and oxygen atoms in total. The number of anilines is 3. The Labute approximate surface area is 119 Å². The molecule has 1 rings (SSSR count). The van der Waals surface area contributed by atoms with Crippen LogP contribution in [0.1, 0.15) is 13.8 Å². The Morgan fingerprint density at radius 3 is 2.30 bits per heavy atom. The van der Waals surface area contributed by atoms with Crippen LogP contribution in [0.15, 0.2) is 0 Å². The summed E-state index contributed by atoms with van der Waals surface area (Å²) in [5.41, 5.74) is 0. The molecule has 112 valence electrons. The van der Waals surface area contributed by atoms with Gasteiger partial charge < -0.3 is 20.4 Å². The predicted molar refractivity (Wildman–Crippen MR) is 80.3 cm³/mol. The fourth-order valence-corrected chi connectivity index (χ4v) is 1.51. The first kappa shape index (κ1) is 15.9. The Bertz CT molecular complexity index is 449. The lowest BCUT2D eigenvalue weighted by Crippen LogP contribution is -2.37. The molecule has 8 heteroatoms. The number of carbonyl (C=O) groups excluding carboxylic acids is 1. The van der Waals surface area contributed by atoms with Crippen molar-refractivity contribution in [2.24, 2.45) is 0 Å². The minimum absolute atomic E-state index is 0.0799. The summed E-state index contributed by atoms with van der Waals surface area (Å²) in [6.45, 7) is 5.50. The first-order chi connectivity index (χ1) is 9.51. The number of hydrogen-bond acceptors (Lipinski definition) is 7. The minimum Gasteiger partial charge on any atom is -0.358 e. The second kappa shape index (κ2) is 7.46. The average molecular weight is 281 g/mol. The van der Waals surface area contributed by atoms with Crippen molar-refractivity contribution in [1.82, 2.24) is 20.3 Å². The summed E-state index contributed by atoms with van der Waals surface area (Å²) in [7, 11) is 5.34. The van der Waals surface area contributed by atoms with E-state index in [-0.39, 0.29) is 12.5 Å². The molecule has 1 amide bonds. The van der Waals surface area contributed by atoms with Crippen LogP contribution in [0.25, 0.3) is 0 Å². The highest BCUT2D eigenvalue weighted by atomic mass is 16.1. The van der Waals surface area contributed by atoms with Gasteiger partial charge in [0, 0.05) is 34.2 Å². The Morgan fingerprint density at radius 2 is 1.80 bits per heavy atom. The van der Waals surface area contributed by atoms with Crippen LogP contribution in [0.5, 0.6) is 0 Å². The summed E-state index contributed by atoms with van der Waals surface area (Å²) in [6.07, 6.45) is 0. The highest BCUT2D eigenvalue weighted by Gasteiger charge is 2.15. The van der Waals surface area contributed by atoms with Gasteiger partial charge in [0.15, 0.2) is 0 Å². The van der Waals surface area contributed by atoms with Gasteiger partial charge in [0.25, 0.3) is 0 Å². The Balaban J connectivity index is 3.09. The predicted octanol–water partition coefficient (Wildman–Crippen LogP) is -0.0583. The number of hydrogen-bond donors (Lipinski definition) is 2. The topological polar surface area (TPSA) is 86.3 Å². The molecule has 0 aliphatic rings. The van der Waals surface area contributed by atoms with Crippen LogP contribution in [0, 0.1) is 0 Å². The Kier molecular flexibility index (Phi) is 5.95. The zero-order valence-corrected chi connectivity index (χ0v) is 12.8. The maximum absolute atomic E-state index is 11.5. The number of amides is 1. The molecule has 0 bridgehead atoms. The third-order valence-electron chi connectivity index (χ3n) is 2.62. The van der Waals surface area contributed by atoms with Crippen molar-refractivity contribution in [3.63, 3.8) is 0 Å². The van der Waals surface area contributed by atoms with Crippen molar-refractivity contribution in [3.05, 3.63) is 0 Å². The highest BCUT2D eigenvalue weighted by Crippen LogP contribution is 2.14. The lowest BCUT2D eigenvalue weighted by atomic mass is 10.5. The summed E-state index contributed by atoms with van der Waals surface area (Å²) < 4.78 is 0. The zero-order chi connectivity index (χ0) is 15.1. The first-order valence-corrected chi connectivity index (χ1v) is 6.64. The average Bonchev–Trinajstić information content (AvgIpc) is 2.44. The fourth-order valence-electron chi connectivity index (χ4n) is 1.51. The van der Waals surface area contributed by atoms with Gasteiger partial charge in [0.2, 0.25) is 23.8 Å². The molecule has 0 radical (unpaired) electrons. The van der Waals surface area contributed by atoms with Gasteiger partial charge in [-0.25, -0.2) is 0 Å². The standard InChI is InChI=1S/C12H23N7O/c1-6-14-10-15-11(18(4)5)17-12(16-10)19(7-2)8-9(20)13-3/h6-8H2,1-5H3,(H,13,20)(H,14,15,16,17). The van der Waals surface area contributed by atoms with Gasteiger partial charge in [-0.1, -0.05) is 0 Å². The van der Waals surface area contributed by atoms with Crippen LogP contribution in [-0.2, 0) is 4.79 Å². The van der Waals surface area contributed by atoms with Crippen LogP contribution in [0.4, 0.5) is 17.8 Å². The van der Waals surface area contributed by atoms with Crippen LogP contribution >= 0.6 is 0 Å². The van der Waals surface area contributed by atoms with Gasteiger partial charge in [-0.3, -0.25) is 4.79 Å². The molecule has 0 unspecified atom stereocenters. The van der Waals surface area contributed by atoms with Gasteiger partial charge in [0.1, 0.15) is 0 Å². The second-order valence-corrected chi connectivity index (χ2v) is 4.37. The minimum atomic E-state index is -0.0799. The SMILES string of the molecule is CCNc1nc(N(C)C)nc(N(CC)CC(=O)NC)n1. The largest absolute Gasteiger partial charge is 0.358 e. The molecule has 2 N–H and O–H groups in total. The number of nitrogens with one attached hydrogen (secondary N) is 2. The number of carbonyl (C=O) groups is 1. The lowest BCUT2D eigenvalue weighted by Gasteiger charge is -2.21. The normalized spacial score (nSPS) is 10.1. The van der Waals surface area contributed by atoms with Crippen molar-refractivity contribution >= 4 is 23.8 Å². The van der Waals surface area contributed by atoms with Crippen molar-refractivity contribution in [3.8, 4) is 0 Å². The van der Waals surface area contributed by atoms with E-state index in [9.17, 15) is 4.79 Å². The van der Waals surface area contributed by atoms with Crippen molar-refractivity contribution in [1.29, 1.82) is 0 Å². The van der Waals surface area contributed by atoms with E-state index in [4.69, 9.17) is 0 Å². The summed E-state index contributed by atoms with van der Waals surface area (Å²) >= 11 is 0. The third kappa shape index (κ3) is 4.22. The second-order valence-electron chi connectivity index (χ2n) is 4.37. The van der Waals surface area contributed by atoms with E-state index in [0.717, 1.165) is 6.54 Å². The molecule has 0 spiro atoms. The van der Waals surface area contributed by atoms with E-state index in [0.29, 0.717) is 24.4 Å². The molecule has 0 aliphatic carbocycles. The van der Waals surface area contributed by atoms with E-state index in [2.05, 4.69) is 25.6 Å². The molecule has 0 saturated heterocycles. The molecule has 1 heterocycles. The van der Waals surface area contributed by atoms with Gasteiger partial charge in [-0.2, -0.15) is 15.0 Å². The molecule has 0 fully saturated rings. The highest BCUT2D eigenvalue weighted by molar-refractivity contribution is 5.80. The van der Waals surface area contributed by atoms with Gasteiger partial charge >= 0.3 is 0 Å². The van der Waals surface area contributed by atoms with E-state index in [1.165, 1.54) is 0 Å². The number of aromatic nitrogens is 3. The quantitative estimate of drug-likeness (QED) is 0.724. The van der Waals surface area contributed by atoms with E-state index in [1.807, 2.05) is 27.9 Å². The van der Waals surface area contributed by atoms with Crippen LogP contribution in [0.2, 0.25) is 0 Å². The van der Waals surface area contributed by atoms with E-state index >= 15 is 0 Å². The molecule has 0 atom stereocenters. The fraction of sp³-hybridized carbons (Fsp3) is 0.667. The third-order valence-corrected chi connectivity index (χ3v) is 2.62. The van der Waals surface area contributed by atoms with Gasteiger partial charge in [0.05, 0.1) is 6.54 Å². The number of rotatable bonds is 7.